The Morgan fingerprint density at radius 1 is 0.875 bits per heavy atom. The molecule has 6 nitrogen and oxygen atoms in total. The Morgan fingerprint density at radius 3 is 2.35 bits per heavy atom. The number of anilines is 1. The molecule has 2 aromatic heterocycles. The van der Waals surface area contributed by atoms with Gasteiger partial charge in [0.05, 0.1) is 18.3 Å². The summed E-state index contributed by atoms with van der Waals surface area (Å²) < 4.78 is 18.2. The van der Waals surface area contributed by atoms with Crippen LogP contribution in [-0.2, 0) is 0 Å². The van der Waals surface area contributed by atoms with Gasteiger partial charge in [-0.3, -0.25) is 4.98 Å². The summed E-state index contributed by atoms with van der Waals surface area (Å²) in [6, 6.07) is 33.3. The predicted octanol–water partition coefficient (Wildman–Crippen LogP) is 8.02. The van der Waals surface area contributed by atoms with Crippen molar-refractivity contribution < 1.29 is 13.9 Å². The Hall–Kier alpha value is -4.62. The van der Waals surface area contributed by atoms with Crippen molar-refractivity contribution >= 4 is 23.0 Å². The molecule has 1 aliphatic heterocycles. The third-order valence-electron chi connectivity index (χ3n) is 6.90. The van der Waals surface area contributed by atoms with Crippen LogP contribution in [0.4, 0.5) is 5.69 Å². The van der Waals surface area contributed by atoms with E-state index in [4.69, 9.17) is 26.1 Å². The molecule has 0 bridgehead atoms. The van der Waals surface area contributed by atoms with E-state index in [9.17, 15) is 0 Å². The van der Waals surface area contributed by atoms with Crippen molar-refractivity contribution in [3.05, 3.63) is 126 Å². The molecule has 2 atom stereocenters. The van der Waals surface area contributed by atoms with Gasteiger partial charge in [0, 0.05) is 17.4 Å². The number of pyridine rings is 1. The number of furan rings is 1. The maximum atomic E-state index is 6.49. The van der Waals surface area contributed by atoms with Crippen molar-refractivity contribution in [1.29, 1.82) is 0 Å². The second-order valence-corrected chi connectivity index (χ2v) is 9.90. The Labute approximate surface area is 239 Å². The fourth-order valence-electron chi connectivity index (χ4n) is 4.94. The molecule has 1 saturated heterocycles. The standard InChI is InChI=1S/C33H29N3O3S/c1-3-37-25-15-11-23(12-16-25)29-19-20-30(39-29)32-31(27-9-6-7-21-34-27)35-33(40)36(32)24-13-17-26(18-14-24)38-28-10-5-4-8-22(28)2/h4-21,31-32H,3H2,1-2H3,(H,35,40)/t31-,32-/m0/s1. The van der Waals surface area contributed by atoms with E-state index in [1.54, 1.807) is 6.20 Å². The maximum Gasteiger partial charge on any atom is 0.174 e. The number of benzene rings is 3. The van der Waals surface area contributed by atoms with Gasteiger partial charge < -0.3 is 24.1 Å². The van der Waals surface area contributed by atoms with Crippen LogP contribution in [0.3, 0.4) is 0 Å². The molecule has 0 amide bonds. The van der Waals surface area contributed by atoms with Gasteiger partial charge in [-0.15, -0.1) is 0 Å². The summed E-state index contributed by atoms with van der Waals surface area (Å²) in [5.41, 5.74) is 3.87. The highest BCUT2D eigenvalue weighted by molar-refractivity contribution is 7.80. The summed E-state index contributed by atoms with van der Waals surface area (Å²) in [6.07, 6.45) is 1.80. The normalized spacial score (nSPS) is 16.6. The molecule has 0 saturated carbocycles. The van der Waals surface area contributed by atoms with Crippen molar-refractivity contribution in [3.63, 3.8) is 0 Å². The van der Waals surface area contributed by atoms with Crippen molar-refractivity contribution in [2.24, 2.45) is 0 Å². The second-order valence-electron chi connectivity index (χ2n) is 9.52. The van der Waals surface area contributed by atoms with Crippen LogP contribution in [0.15, 0.2) is 114 Å². The quantitative estimate of drug-likeness (QED) is 0.197. The summed E-state index contributed by atoms with van der Waals surface area (Å²) in [7, 11) is 0. The minimum atomic E-state index is -0.248. The molecule has 7 heteroatoms. The summed E-state index contributed by atoms with van der Waals surface area (Å²) in [5, 5.41) is 4.09. The maximum absolute atomic E-state index is 6.49. The van der Waals surface area contributed by atoms with Crippen molar-refractivity contribution in [2.75, 3.05) is 11.5 Å². The van der Waals surface area contributed by atoms with E-state index in [1.807, 2.05) is 117 Å². The van der Waals surface area contributed by atoms with E-state index in [2.05, 4.69) is 15.2 Å². The first-order valence-corrected chi connectivity index (χ1v) is 13.7. The first kappa shape index (κ1) is 25.6. The fraction of sp³-hybridized carbons (Fsp3) is 0.152. The number of thiocarbonyl (C=S) groups is 1. The van der Waals surface area contributed by atoms with Crippen LogP contribution in [-0.4, -0.2) is 16.7 Å². The molecule has 200 valence electrons. The van der Waals surface area contributed by atoms with Crippen LogP contribution >= 0.6 is 12.2 Å². The molecule has 6 rings (SSSR count). The van der Waals surface area contributed by atoms with Gasteiger partial charge >= 0.3 is 0 Å². The lowest BCUT2D eigenvalue weighted by Gasteiger charge is -2.26. The molecule has 5 aromatic rings. The van der Waals surface area contributed by atoms with E-state index < -0.39 is 0 Å². The molecule has 1 aliphatic rings. The Balaban J connectivity index is 1.33. The molecule has 3 heterocycles. The van der Waals surface area contributed by atoms with E-state index in [0.29, 0.717) is 11.7 Å². The van der Waals surface area contributed by atoms with E-state index in [0.717, 1.165) is 51.3 Å². The number of nitrogens with zero attached hydrogens (tertiary/aromatic N) is 2. The molecule has 0 aliphatic carbocycles. The second kappa shape index (κ2) is 11.2. The molecule has 40 heavy (non-hydrogen) atoms. The molecule has 1 fully saturated rings. The summed E-state index contributed by atoms with van der Waals surface area (Å²) >= 11 is 5.87. The number of rotatable bonds is 8. The lowest BCUT2D eigenvalue weighted by molar-refractivity contribution is 0.340. The van der Waals surface area contributed by atoms with Gasteiger partial charge in [-0.05, 0) is 110 Å². The summed E-state index contributed by atoms with van der Waals surface area (Å²) in [5.74, 6) is 3.98. The molecule has 3 aromatic carbocycles. The zero-order valence-electron chi connectivity index (χ0n) is 22.3. The highest BCUT2D eigenvalue weighted by Gasteiger charge is 2.42. The van der Waals surface area contributed by atoms with Gasteiger partial charge in [-0.2, -0.15) is 0 Å². The minimum Gasteiger partial charge on any atom is -0.494 e. The number of hydrogen-bond donors (Lipinski definition) is 1. The van der Waals surface area contributed by atoms with Gasteiger partial charge in [-0.25, -0.2) is 0 Å². The number of para-hydroxylation sites is 1. The van der Waals surface area contributed by atoms with Crippen molar-refractivity contribution in [2.45, 2.75) is 25.9 Å². The zero-order chi connectivity index (χ0) is 27.5. The number of aromatic nitrogens is 1. The van der Waals surface area contributed by atoms with Crippen LogP contribution in [0, 0.1) is 6.92 Å². The third-order valence-corrected chi connectivity index (χ3v) is 7.22. The van der Waals surface area contributed by atoms with E-state index >= 15 is 0 Å². The van der Waals surface area contributed by atoms with Gasteiger partial charge in [-0.1, -0.05) is 24.3 Å². The topological polar surface area (TPSA) is 59.8 Å². The SMILES string of the molecule is CCOc1ccc(-c2ccc([C@H]3[C@H](c4ccccn4)NC(=S)N3c3ccc(Oc4ccccc4C)cc3)o2)cc1. The summed E-state index contributed by atoms with van der Waals surface area (Å²) in [6.45, 7) is 4.63. The predicted molar refractivity (Wildman–Crippen MR) is 161 cm³/mol. The smallest absolute Gasteiger partial charge is 0.174 e. The number of nitrogens with one attached hydrogen (secondary N) is 1. The van der Waals surface area contributed by atoms with E-state index in [-0.39, 0.29) is 12.1 Å². The Kier molecular flexibility index (Phi) is 7.21. The lowest BCUT2D eigenvalue weighted by Crippen LogP contribution is -2.29. The van der Waals surface area contributed by atoms with Crippen LogP contribution in [0.25, 0.3) is 11.3 Å². The number of aryl methyl sites for hydroxylation is 1. The van der Waals surface area contributed by atoms with Crippen molar-refractivity contribution in [1.82, 2.24) is 10.3 Å². The van der Waals surface area contributed by atoms with Crippen molar-refractivity contribution in [3.8, 4) is 28.6 Å². The average Bonchev–Trinajstić information content (AvgIpc) is 3.60. The minimum absolute atomic E-state index is 0.198. The van der Waals surface area contributed by atoms with Crippen LogP contribution in [0.2, 0.25) is 0 Å². The summed E-state index contributed by atoms with van der Waals surface area (Å²) in [4.78, 5) is 6.73. The molecular weight excluding hydrogens is 518 g/mol. The zero-order valence-corrected chi connectivity index (χ0v) is 23.1. The Morgan fingerprint density at radius 2 is 1.62 bits per heavy atom. The first-order chi connectivity index (χ1) is 19.6. The molecule has 0 spiro atoms. The number of ether oxygens (including phenoxy) is 2. The molecular formula is C33H29N3O3S. The van der Waals surface area contributed by atoms with Gasteiger partial charge in [0.25, 0.3) is 0 Å². The van der Waals surface area contributed by atoms with Gasteiger partial charge in [0.1, 0.15) is 34.8 Å². The largest absolute Gasteiger partial charge is 0.494 e. The van der Waals surface area contributed by atoms with Crippen LogP contribution < -0.4 is 19.7 Å². The average molecular weight is 548 g/mol. The van der Waals surface area contributed by atoms with Crippen LogP contribution in [0.5, 0.6) is 17.2 Å². The van der Waals surface area contributed by atoms with E-state index in [1.165, 1.54) is 0 Å². The number of hydrogen-bond acceptors (Lipinski definition) is 5. The molecule has 1 N–H and O–H groups in total. The van der Waals surface area contributed by atoms with Crippen LogP contribution in [0.1, 0.15) is 36.0 Å². The first-order valence-electron chi connectivity index (χ1n) is 13.3. The van der Waals surface area contributed by atoms with Gasteiger partial charge in [0.15, 0.2) is 5.11 Å². The highest BCUT2D eigenvalue weighted by atomic mass is 32.1. The highest BCUT2D eigenvalue weighted by Crippen LogP contribution is 2.43. The lowest BCUT2D eigenvalue weighted by atomic mass is 10.0. The Bertz CT molecular complexity index is 1600. The third kappa shape index (κ3) is 5.16. The van der Waals surface area contributed by atoms with Gasteiger partial charge in [0.2, 0.25) is 0 Å². The monoisotopic (exact) mass is 547 g/mol. The molecule has 0 unspecified atom stereocenters. The molecule has 0 radical (unpaired) electrons. The fourth-order valence-corrected chi connectivity index (χ4v) is 5.29.